The Morgan fingerprint density at radius 3 is 2.63 bits per heavy atom. The number of halogens is 1. The summed E-state index contributed by atoms with van der Waals surface area (Å²) in [5, 5.41) is 8.98. The van der Waals surface area contributed by atoms with Crippen LogP contribution in [0.4, 0.5) is 4.39 Å². The number of rotatable bonds is 5. The average Bonchev–Trinajstić information content (AvgIpc) is 2.90. The van der Waals surface area contributed by atoms with Gasteiger partial charge in [-0.1, -0.05) is 18.9 Å². The number of sulfonamides is 1. The van der Waals surface area contributed by atoms with Crippen molar-refractivity contribution in [1.29, 1.82) is 0 Å². The molecule has 0 amide bonds. The molecular weight excluding hydrogens is 269 g/mol. The normalized spacial score (nSPS) is 16.9. The van der Waals surface area contributed by atoms with Crippen LogP contribution in [0.5, 0.6) is 0 Å². The molecule has 2 rings (SSSR count). The molecule has 0 unspecified atom stereocenters. The van der Waals surface area contributed by atoms with Crippen molar-refractivity contribution in [3.63, 3.8) is 0 Å². The fourth-order valence-electron chi connectivity index (χ4n) is 2.37. The van der Waals surface area contributed by atoms with Crippen molar-refractivity contribution in [1.82, 2.24) is 4.72 Å². The van der Waals surface area contributed by atoms with E-state index in [1.807, 2.05) is 0 Å². The SMILES string of the molecule is O=S(=O)(NCC1CCCC1)c1cc(CO)ccc1F. The summed E-state index contributed by atoms with van der Waals surface area (Å²) in [5.74, 6) is -0.449. The molecule has 6 heteroatoms. The summed E-state index contributed by atoms with van der Waals surface area (Å²) in [4.78, 5) is -0.392. The highest BCUT2D eigenvalue weighted by atomic mass is 32.2. The van der Waals surface area contributed by atoms with Crippen molar-refractivity contribution in [3.05, 3.63) is 29.6 Å². The molecule has 0 aromatic heterocycles. The van der Waals surface area contributed by atoms with Crippen molar-refractivity contribution in [2.24, 2.45) is 5.92 Å². The summed E-state index contributed by atoms with van der Waals surface area (Å²) in [6.07, 6.45) is 4.28. The molecule has 1 aromatic carbocycles. The second-order valence-electron chi connectivity index (χ2n) is 4.93. The van der Waals surface area contributed by atoms with Crippen LogP contribution >= 0.6 is 0 Å². The molecule has 0 atom stereocenters. The van der Waals surface area contributed by atoms with Crippen molar-refractivity contribution < 1.29 is 17.9 Å². The van der Waals surface area contributed by atoms with Crippen LogP contribution < -0.4 is 4.72 Å². The standard InChI is InChI=1S/C13H18FNO3S/c14-12-6-5-11(9-16)7-13(12)19(17,18)15-8-10-3-1-2-4-10/h5-7,10,15-16H,1-4,8-9H2. The molecule has 2 N–H and O–H groups in total. The molecule has 106 valence electrons. The summed E-state index contributed by atoms with van der Waals surface area (Å²) in [7, 11) is -3.85. The van der Waals surface area contributed by atoms with E-state index in [0.717, 1.165) is 31.7 Å². The average molecular weight is 287 g/mol. The van der Waals surface area contributed by atoms with E-state index in [-0.39, 0.29) is 6.61 Å². The Morgan fingerprint density at radius 1 is 1.32 bits per heavy atom. The Bertz CT molecular complexity index is 539. The predicted molar refractivity (Wildman–Crippen MR) is 69.5 cm³/mol. The molecule has 0 radical (unpaired) electrons. The van der Waals surface area contributed by atoms with Crippen molar-refractivity contribution in [2.75, 3.05) is 6.54 Å². The lowest BCUT2D eigenvalue weighted by atomic mass is 10.1. The molecule has 1 aliphatic rings. The van der Waals surface area contributed by atoms with Crippen LogP contribution in [-0.2, 0) is 16.6 Å². The minimum atomic E-state index is -3.85. The zero-order chi connectivity index (χ0) is 13.9. The van der Waals surface area contributed by atoms with E-state index >= 15 is 0 Å². The fourth-order valence-corrected chi connectivity index (χ4v) is 3.61. The Labute approximate surface area is 112 Å². The molecule has 1 aliphatic carbocycles. The van der Waals surface area contributed by atoms with Crippen LogP contribution in [-0.4, -0.2) is 20.1 Å². The van der Waals surface area contributed by atoms with Crippen LogP contribution in [0.15, 0.2) is 23.1 Å². The van der Waals surface area contributed by atoms with Crippen LogP contribution in [0.1, 0.15) is 31.2 Å². The quantitative estimate of drug-likeness (QED) is 0.867. The number of benzene rings is 1. The largest absolute Gasteiger partial charge is 0.392 e. The third-order valence-electron chi connectivity index (χ3n) is 3.50. The second-order valence-corrected chi connectivity index (χ2v) is 6.66. The first-order valence-corrected chi connectivity index (χ1v) is 7.90. The van der Waals surface area contributed by atoms with E-state index in [4.69, 9.17) is 5.11 Å². The Morgan fingerprint density at radius 2 is 2.00 bits per heavy atom. The summed E-state index contributed by atoms with van der Waals surface area (Å²) in [6.45, 7) is 0.0382. The second kappa shape index (κ2) is 5.98. The summed E-state index contributed by atoms with van der Waals surface area (Å²) in [5.41, 5.74) is 0.377. The Balaban J connectivity index is 2.13. The monoisotopic (exact) mass is 287 g/mol. The first-order valence-electron chi connectivity index (χ1n) is 6.42. The predicted octanol–water partition coefficient (Wildman–Crippen LogP) is 1.79. The van der Waals surface area contributed by atoms with Gasteiger partial charge >= 0.3 is 0 Å². The molecule has 1 aromatic rings. The highest BCUT2D eigenvalue weighted by molar-refractivity contribution is 7.89. The number of hydrogen-bond acceptors (Lipinski definition) is 3. The van der Waals surface area contributed by atoms with Crippen LogP contribution in [0, 0.1) is 11.7 Å². The fraction of sp³-hybridized carbons (Fsp3) is 0.538. The molecular formula is C13H18FNO3S. The van der Waals surface area contributed by atoms with Gasteiger partial charge in [0.1, 0.15) is 10.7 Å². The van der Waals surface area contributed by atoms with Gasteiger partial charge in [-0.05, 0) is 36.5 Å². The van der Waals surface area contributed by atoms with E-state index in [9.17, 15) is 12.8 Å². The maximum Gasteiger partial charge on any atom is 0.243 e. The van der Waals surface area contributed by atoms with E-state index in [0.29, 0.717) is 18.0 Å². The molecule has 0 heterocycles. The van der Waals surface area contributed by atoms with E-state index < -0.39 is 20.7 Å². The van der Waals surface area contributed by atoms with Gasteiger partial charge in [-0.15, -0.1) is 0 Å². The smallest absolute Gasteiger partial charge is 0.243 e. The highest BCUT2D eigenvalue weighted by Gasteiger charge is 2.22. The zero-order valence-corrected chi connectivity index (χ0v) is 11.4. The van der Waals surface area contributed by atoms with Gasteiger partial charge in [0, 0.05) is 6.54 Å². The third kappa shape index (κ3) is 3.52. The van der Waals surface area contributed by atoms with Crippen LogP contribution in [0.3, 0.4) is 0 Å². The van der Waals surface area contributed by atoms with Gasteiger partial charge in [-0.2, -0.15) is 0 Å². The van der Waals surface area contributed by atoms with Crippen LogP contribution in [0.25, 0.3) is 0 Å². The lowest BCUT2D eigenvalue weighted by Crippen LogP contribution is -2.29. The van der Waals surface area contributed by atoms with Gasteiger partial charge in [0.05, 0.1) is 6.61 Å². The zero-order valence-electron chi connectivity index (χ0n) is 10.6. The van der Waals surface area contributed by atoms with Crippen molar-refractivity contribution in [3.8, 4) is 0 Å². The van der Waals surface area contributed by atoms with Gasteiger partial charge < -0.3 is 5.11 Å². The minimum Gasteiger partial charge on any atom is -0.392 e. The summed E-state index contributed by atoms with van der Waals surface area (Å²) >= 11 is 0. The lowest BCUT2D eigenvalue weighted by molar-refractivity contribution is 0.281. The van der Waals surface area contributed by atoms with Crippen molar-refractivity contribution in [2.45, 2.75) is 37.2 Å². The van der Waals surface area contributed by atoms with E-state index in [1.54, 1.807) is 0 Å². The van der Waals surface area contributed by atoms with Gasteiger partial charge in [0.25, 0.3) is 0 Å². The van der Waals surface area contributed by atoms with Crippen LogP contribution in [0.2, 0.25) is 0 Å². The van der Waals surface area contributed by atoms with E-state index in [1.165, 1.54) is 12.1 Å². The Hall–Kier alpha value is -0.980. The number of aliphatic hydroxyl groups excluding tert-OH is 1. The maximum atomic E-state index is 13.6. The van der Waals surface area contributed by atoms with Gasteiger partial charge in [-0.25, -0.2) is 17.5 Å². The highest BCUT2D eigenvalue weighted by Crippen LogP contribution is 2.24. The number of aliphatic hydroxyl groups is 1. The lowest BCUT2D eigenvalue weighted by Gasteiger charge is -2.12. The number of hydrogen-bond donors (Lipinski definition) is 2. The maximum absolute atomic E-state index is 13.6. The molecule has 1 fully saturated rings. The molecule has 1 saturated carbocycles. The van der Waals surface area contributed by atoms with Gasteiger partial charge in [0.2, 0.25) is 10.0 Å². The number of nitrogens with one attached hydrogen (secondary N) is 1. The molecule has 0 bridgehead atoms. The van der Waals surface area contributed by atoms with Gasteiger partial charge in [-0.3, -0.25) is 0 Å². The molecule has 0 saturated heterocycles. The summed E-state index contributed by atoms with van der Waals surface area (Å²) in [6, 6.07) is 3.60. The first-order chi connectivity index (χ1) is 9.03. The molecule has 19 heavy (non-hydrogen) atoms. The third-order valence-corrected chi connectivity index (χ3v) is 4.94. The van der Waals surface area contributed by atoms with E-state index in [2.05, 4.69) is 4.72 Å². The molecule has 0 spiro atoms. The molecule has 4 nitrogen and oxygen atoms in total. The Kier molecular flexibility index (Phi) is 4.54. The first kappa shape index (κ1) is 14.4. The summed E-state index contributed by atoms with van der Waals surface area (Å²) < 4.78 is 40.2. The minimum absolute atomic E-state index is 0.314. The van der Waals surface area contributed by atoms with Gasteiger partial charge in [0.15, 0.2) is 0 Å². The van der Waals surface area contributed by atoms with Crippen molar-refractivity contribution >= 4 is 10.0 Å². The molecule has 0 aliphatic heterocycles. The topological polar surface area (TPSA) is 66.4 Å².